The molecule has 0 spiro atoms. The molecule has 1 aliphatic carbocycles. The van der Waals surface area contributed by atoms with Crippen LogP contribution in [0.2, 0.25) is 0 Å². The Hall–Kier alpha value is -2.38. The topological polar surface area (TPSA) is 84.5 Å². The first-order chi connectivity index (χ1) is 14.8. The predicted molar refractivity (Wildman–Crippen MR) is 121 cm³/mol. The molecule has 0 aliphatic heterocycles. The molecule has 0 heterocycles. The van der Waals surface area contributed by atoms with E-state index in [-0.39, 0.29) is 23.3 Å². The van der Waals surface area contributed by atoms with Crippen molar-refractivity contribution in [1.82, 2.24) is 10.0 Å². The number of sulfonamides is 1. The van der Waals surface area contributed by atoms with Crippen molar-refractivity contribution in [1.29, 1.82) is 0 Å². The van der Waals surface area contributed by atoms with Gasteiger partial charge >= 0.3 is 0 Å². The van der Waals surface area contributed by atoms with Crippen molar-refractivity contribution in [2.24, 2.45) is 5.92 Å². The molecule has 6 nitrogen and oxygen atoms in total. The van der Waals surface area contributed by atoms with Crippen molar-refractivity contribution < 1.29 is 17.9 Å². The average molecular weight is 445 g/mol. The first-order valence-electron chi connectivity index (χ1n) is 10.8. The first kappa shape index (κ1) is 23.3. The summed E-state index contributed by atoms with van der Waals surface area (Å²) in [4.78, 5) is 13.0. The summed E-state index contributed by atoms with van der Waals surface area (Å²) in [5.41, 5.74) is 1.69. The monoisotopic (exact) mass is 444 g/mol. The number of nitrogens with one attached hydrogen (secondary N) is 2. The number of aryl methyl sites for hydroxylation is 1. The lowest BCUT2D eigenvalue weighted by Gasteiger charge is -2.30. The second-order valence-electron chi connectivity index (χ2n) is 8.40. The Kier molecular flexibility index (Phi) is 7.73. The lowest BCUT2D eigenvalue weighted by molar-refractivity contribution is -0.122. The Balaban J connectivity index is 1.80. The quantitative estimate of drug-likeness (QED) is 0.642. The molecule has 0 bridgehead atoms. The number of carbonyl (C=O) groups excluding carboxylic acids is 1. The van der Waals surface area contributed by atoms with Gasteiger partial charge < -0.3 is 10.1 Å². The van der Waals surface area contributed by atoms with E-state index >= 15 is 0 Å². The van der Waals surface area contributed by atoms with Gasteiger partial charge in [0.25, 0.3) is 0 Å². The van der Waals surface area contributed by atoms with E-state index < -0.39 is 16.1 Å². The van der Waals surface area contributed by atoms with Gasteiger partial charge in [-0.05, 0) is 55.5 Å². The maximum absolute atomic E-state index is 13.0. The van der Waals surface area contributed by atoms with Crippen LogP contribution in [-0.4, -0.2) is 27.5 Å². The van der Waals surface area contributed by atoms with E-state index in [1.54, 1.807) is 55.6 Å². The van der Waals surface area contributed by atoms with Gasteiger partial charge in [-0.25, -0.2) is 13.1 Å². The number of hydrogen-bond donors (Lipinski definition) is 2. The standard InChI is InChI=1S/C24H32N2O4S/c1-17-8-14-21(15-9-17)31(28,29)26-23(19-10-12-20(30-3)13-11-19)16-24(27)25-22-7-5-4-6-18(22)2/h8-15,18,22-23,26H,4-7,16H2,1-3H3,(H,25,27). The largest absolute Gasteiger partial charge is 0.497 e. The smallest absolute Gasteiger partial charge is 0.241 e. The van der Waals surface area contributed by atoms with Gasteiger partial charge in [-0.2, -0.15) is 0 Å². The van der Waals surface area contributed by atoms with Crippen molar-refractivity contribution in [3.63, 3.8) is 0 Å². The first-order valence-corrected chi connectivity index (χ1v) is 12.3. The number of carbonyl (C=O) groups is 1. The van der Waals surface area contributed by atoms with Gasteiger partial charge in [-0.3, -0.25) is 4.79 Å². The molecule has 1 amide bonds. The zero-order chi connectivity index (χ0) is 22.4. The predicted octanol–water partition coefficient (Wildman–Crippen LogP) is 4.11. The molecular weight excluding hydrogens is 412 g/mol. The van der Waals surface area contributed by atoms with Crippen molar-refractivity contribution in [3.05, 3.63) is 59.7 Å². The van der Waals surface area contributed by atoms with Crippen LogP contribution >= 0.6 is 0 Å². The third-order valence-corrected chi connectivity index (χ3v) is 7.48. The fraction of sp³-hybridized carbons (Fsp3) is 0.458. The molecule has 3 rings (SSSR count). The third-order valence-electron chi connectivity index (χ3n) is 5.99. The fourth-order valence-electron chi connectivity index (χ4n) is 4.02. The molecule has 168 valence electrons. The molecule has 0 aromatic heterocycles. The number of methoxy groups -OCH3 is 1. The molecule has 0 saturated heterocycles. The highest BCUT2D eigenvalue weighted by Crippen LogP contribution is 2.26. The molecule has 3 atom stereocenters. The Morgan fingerprint density at radius 1 is 1.06 bits per heavy atom. The van der Waals surface area contributed by atoms with E-state index in [4.69, 9.17) is 4.74 Å². The normalized spacial score (nSPS) is 20.1. The van der Waals surface area contributed by atoms with Crippen LogP contribution in [0, 0.1) is 12.8 Å². The minimum atomic E-state index is -3.79. The molecule has 2 aromatic rings. The zero-order valence-electron chi connectivity index (χ0n) is 18.4. The minimum absolute atomic E-state index is 0.0284. The summed E-state index contributed by atoms with van der Waals surface area (Å²) in [5.74, 6) is 0.955. The van der Waals surface area contributed by atoms with Crippen LogP contribution in [0.3, 0.4) is 0 Å². The van der Waals surface area contributed by atoms with Gasteiger partial charge in [-0.1, -0.05) is 49.6 Å². The summed E-state index contributed by atoms with van der Waals surface area (Å²) in [7, 11) is -2.22. The average Bonchev–Trinajstić information content (AvgIpc) is 2.75. The van der Waals surface area contributed by atoms with Crippen molar-refractivity contribution in [2.75, 3.05) is 7.11 Å². The summed E-state index contributed by atoms with van der Waals surface area (Å²) in [5, 5.41) is 3.13. The van der Waals surface area contributed by atoms with Gasteiger partial charge in [-0.15, -0.1) is 0 Å². The number of hydrogen-bond acceptors (Lipinski definition) is 4. The minimum Gasteiger partial charge on any atom is -0.497 e. The van der Waals surface area contributed by atoms with Crippen LogP contribution in [0.5, 0.6) is 5.75 Å². The highest BCUT2D eigenvalue weighted by Gasteiger charge is 2.27. The second kappa shape index (κ2) is 10.3. The Morgan fingerprint density at radius 2 is 1.71 bits per heavy atom. The molecule has 1 fully saturated rings. The van der Waals surface area contributed by atoms with Crippen LogP contribution in [-0.2, 0) is 14.8 Å². The van der Waals surface area contributed by atoms with Crippen LogP contribution < -0.4 is 14.8 Å². The lowest BCUT2D eigenvalue weighted by atomic mass is 9.86. The number of benzene rings is 2. The maximum Gasteiger partial charge on any atom is 0.241 e. The molecule has 31 heavy (non-hydrogen) atoms. The van der Waals surface area contributed by atoms with E-state index in [2.05, 4.69) is 17.0 Å². The Labute approximate surface area is 185 Å². The molecule has 1 saturated carbocycles. The summed E-state index contributed by atoms with van der Waals surface area (Å²) in [6, 6.07) is 13.2. The van der Waals surface area contributed by atoms with E-state index in [1.807, 2.05) is 6.92 Å². The van der Waals surface area contributed by atoms with Gasteiger partial charge in [0.1, 0.15) is 5.75 Å². The van der Waals surface area contributed by atoms with Gasteiger partial charge in [0.15, 0.2) is 0 Å². The van der Waals surface area contributed by atoms with E-state index in [9.17, 15) is 13.2 Å². The molecule has 0 radical (unpaired) electrons. The SMILES string of the molecule is COc1ccc(C(CC(=O)NC2CCCCC2C)NS(=O)(=O)c2ccc(C)cc2)cc1. The van der Waals surface area contributed by atoms with E-state index in [1.165, 1.54) is 6.42 Å². The van der Waals surface area contributed by atoms with Crippen LogP contribution in [0.1, 0.15) is 56.2 Å². The summed E-state index contributed by atoms with van der Waals surface area (Å²) >= 11 is 0. The van der Waals surface area contributed by atoms with Crippen LogP contribution in [0.15, 0.2) is 53.4 Å². The van der Waals surface area contributed by atoms with Crippen LogP contribution in [0.25, 0.3) is 0 Å². The second-order valence-corrected chi connectivity index (χ2v) is 10.1. The summed E-state index contributed by atoms with van der Waals surface area (Å²) in [6.45, 7) is 4.06. The van der Waals surface area contributed by atoms with E-state index in [0.717, 1.165) is 24.8 Å². The highest BCUT2D eigenvalue weighted by atomic mass is 32.2. The van der Waals surface area contributed by atoms with Gasteiger partial charge in [0, 0.05) is 12.5 Å². The van der Waals surface area contributed by atoms with Gasteiger partial charge in [0.2, 0.25) is 15.9 Å². The Morgan fingerprint density at radius 3 is 2.32 bits per heavy atom. The van der Waals surface area contributed by atoms with Crippen LogP contribution in [0.4, 0.5) is 0 Å². The van der Waals surface area contributed by atoms with Crippen molar-refractivity contribution in [2.45, 2.75) is 62.9 Å². The molecule has 3 unspecified atom stereocenters. The number of rotatable bonds is 8. The molecular formula is C24H32N2O4S. The van der Waals surface area contributed by atoms with Crippen molar-refractivity contribution in [3.8, 4) is 5.75 Å². The molecule has 1 aliphatic rings. The maximum atomic E-state index is 13.0. The van der Waals surface area contributed by atoms with Crippen molar-refractivity contribution >= 4 is 15.9 Å². The zero-order valence-corrected chi connectivity index (χ0v) is 19.2. The molecule has 7 heteroatoms. The highest BCUT2D eigenvalue weighted by molar-refractivity contribution is 7.89. The third kappa shape index (κ3) is 6.31. The number of amides is 1. The van der Waals surface area contributed by atoms with Gasteiger partial charge in [0.05, 0.1) is 18.0 Å². The number of ether oxygens (including phenoxy) is 1. The summed E-state index contributed by atoms with van der Waals surface area (Å²) < 4.78 is 34.0. The molecule has 2 N–H and O–H groups in total. The fourth-order valence-corrected chi connectivity index (χ4v) is 5.24. The lowest BCUT2D eigenvalue weighted by Crippen LogP contribution is -2.42. The Bertz CT molecular complexity index is 972. The molecule has 2 aromatic carbocycles. The summed E-state index contributed by atoms with van der Waals surface area (Å²) in [6.07, 6.45) is 4.40. The van der Waals surface area contributed by atoms with E-state index in [0.29, 0.717) is 17.2 Å².